The topological polar surface area (TPSA) is 110 Å². The standard InChI is InChI=1S/C24H40O6.C5H6F6O/c1-8-24(7,21(28)30-22(2,3)4)14-17(13-23(5,6)20(26)27)19(25)29-18-12-15-9-10-16(18)11-15;1-2-3(12,4(6,7)8)5(9,10)11/h15-18H,8-14H2,1-7H3,(H,26,27);12H,2H2,1H3. The van der Waals surface area contributed by atoms with Crippen LogP contribution in [-0.4, -0.2) is 57.8 Å². The van der Waals surface area contributed by atoms with Crippen molar-refractivity contribution in [3.05, 3.63) is 0 Å². The van der Waals surface area contributed by atoms with E-state index in [2.05, 4.69) is 0 Å². The van der Waals surface area contributed by atoms with Crippen LogP contribution in [0, 0.1) is 28.6 Å². The van der Waals surface area contributed by atoms with Crippen molar-refractivity contribution in [3.63, 3.8) is 0 Å². The Kier molecular flexibility index (Phi) is 12.0. The number of aliphatic carboxylic acids is 1. The van der Waals surface area contributed by atoms with Crippen LogP contribution < -0.4 is 0 Å². The number of hydrogen-bond donors (Lipinski definition) is 2. The van der Waals surface area contributed by atoms with E-state index >= 15 is 0 Å². The van der Waals surface area contributed by atoms with Crippen molar-refractivity contribution in [2.24, 2.45) is 28.6 Å². The highest BCUT2D eigenvalue weighted by molar-refractivity contribution is 5.80. The zero-order valence-corrected chi connectivity index (χ0v) is 25.7. The van der Waals surface area contributed by atoms with Gasteiger partial charge in [0.2, 0.25) is 0 Å². The maximum atomic E-state index is 13.2. The van der Waals surface area contributed by atoms with Crippen LogP contribution in [0.3, 0.4) is 0 Å². The number of alkyl halides is 6. The molecule has 7 nitrogen and oxygen atoms in total. The van der Waals surface area contributed by atoms with Gasteiger partial charge in [0.05, 0.1) is 16.7 Å². The average Bonchev–Trinajstić information content (AvgIpc) is 3.44. The second-order valence-corrected chi connectivity index (χ2v) is 13.6. The summed E-state index contributed by atoms with van der Waals surface area (Å²) in [6.07, 6.45) is -7.71. The zero-order chi connectivity index (χ0) is 33.1. The van der Waals surface area contributed by atoms with Gasteiger partial charge in [0, 0.05) is 0 Å². The van der Waals surface area contributed by atoms with Gasteiger partial charge in [-0.2, -0.15) is 26.3 Å². The molecule has 2 saturated carbocycles. The Hall–Kier alpha value is -2.05. The number of aliphatic hydroxyl groups is 1. The maximum Gasteiger partial charge on any atom is 0.426 e. The highest BCUT2D eigenvalue weighted by Crippen LogP contribution is 2.47. The number of carbonyl (C=O) groups is 3. The van der Waals surface area contributed by atoms with Gasteiger partial charge in [-0.15, -0.1) is 0 Å². The summed E-state index contributed by atoms with van der Waals surface area (Å²) in [5.41, 5.74) is -7.20. The molecule has 0 amide bonds. The van der Waals surface area contributed by atoms with Crippen molar-refractivity contribution in [1.29, 1.82) is 0 Å². The number of hydrogen-bond acceptors (Lipinski definition) is 6. The van der Waals surface area contributed by atoms with Crippen molar-refractivity contribution < 1.29 is 60.4 Å². The molecule has 5 atom stereocenters. The number of ether oxygens (including phenoxy) is 2. The molecule has 0 aliphatic heterocycles. The number of carboxylic acid groups (broad SMARTS) is 1. The third-order valence-electron chi connectivity index (χ3n) is 8.43. The summed E-state index contributed by atoms with van der Waals surface area (Å²) in [4.78, 5) is 37.9. The first kappa shape index (κ1) is 38.0. The lowest BCUT2D eigenvalue weighted by molar-refractivity contribution is -0.368. The Morgan fingerprint density at radius 2 is 1.36 bits per heavy atom. The highest BCUT2D eigenvalue weighted by Gasteiger charge is 2.69. The molecule has 5 unspecified atom stereocenters. The molecule has 2 aliphatic rings. The molecule has 2 aliphatic carbocycles. The second kappa shape index (κ2) is 13.3. The van der Waals surface area contributed by atoms with Crippen LogP contribution in [0.1, 0.15) is 107 Å². The van der Waals surface area contributed by atoms with E-state index in [0.29, 0.717) is 25.2 Å². The van der Waals surface area contributed by atoms with E-state index < -0.39 is 52.7 Å². The first-order valence-electron chi connectivity index (χ1n) is 14.3. The number of carbonyl (C=O) groups excluding carboxylic acids is 2. The molecule has 2 N–H and O–H groups in total. The van der Waals surface area contributed by atoms with Crippen LogP contribution in [0.15, 0.2) is 0 Å². The summed E-state index contributed by atoms with van der Waals surface area (Å²) in [5, 5.41) is 17.9. The van der Waals surface area contributed by atoms with E-state index in [9.17, 15) is 45.8 Å². The second-order valence-electron chi connectivity index (χ2n) is 13.6. The minimum absolute atomic E-state index is 0.0684. The number of rotatable bonds is 10. The van der Waals surface area contributed by atoms with Gasteiger partial charge in [0.25, 0.3) is 5.60 Å². The van der Waals surface area contributed by atoms with Gasteiger partial charge in [-0.1, -0.05) is 13.8 Å². The molecular weight excluding hydrogens is 574 g/mol. The van der Waals surface area contributed by atoms with Gasteiger partial charge in [-0.05, 0) is 105 Å². The maximum absolute atomic E-state index is 13.2. The van der Waals surface area contributed by atoms with Gasteiger partial charge >= 0.3 is 30.3 Å². The molecule has 2 fully saturated rings. The summed E-state index contributed by atoms with van der Waals surface area (Å²) in [5.74, 6) is -1.29. The molecule has 0 spiro atoms. The molecule has 42 heavy (non-hydrogen) atoms. The largest absolute Gasteiger partial charge is 0.481 e. The van der Waals surface area contributed by atoms with Gasteiger partial charge in [0.1, 0.15) is 11.7 Å². The number of fused-ring (bicyclic) bond motifs is 2. The fraction of sp³-hybridized carbons (Fsp3) is 0.897. The Morgan fingerprint density at radius 1 is 0.833 bits per heavy atom. The van der Waals surface area contributed by atoms with Crippen LogP contribution in [0.25, 0.3) is 0 Å². The lowest BCUT2D eigenvalue weighted by atomic mass is 9.73. The van der Waals surface area contributed by atoms with Crippen LogP contribution in [0.4, 0.5) is 26.3 Å². The first-order chi connectivity index (χ1) is 18.7. The van der Waals surface area contributed by atoms with Crippen molar-refractivity contribution >= 4 is 17.9 Å². The van der Waals surface area contributed by atoms with Crippen LogP contribution in [0.2, 0.25) is 0 Å². The minimum Gasteiger partial charge on any atom is -0.481 e. The average molecular weight is 621 g/mol. The summed E-state index contributed by atoms with van der Waals surface area (Å²) in [6, 6.07) is 0. The zero-order valence-electron chi connectivity index (χ0n) is 25.7. The Labute approximate surface area is 243 Å². The Morgan fingerprint density at radius 3 is 1.67 bits per heavy atom. The quantitative estimate of drug-likeness (QED) is 0.196. The summed E-state index contributed by atoms with van der Waals surface area (Å²) in [6.45, 7) is 13.0. The number of halogens is 6. The Bertz CT molecular complexity index is 940. The van der Waals surface area contributed by atoms with E-state index in [-0.39, 0.29) is 30.9 Å². The van der Waals surface area contributed by atoms with Gasteiger partial charge in [0.15, 0.2) is 0 Å². The van der Waals surface area contributed by atoms with Crippen LogP contribution in [-0.2, 0) is 23.9 Å². The van der Waals surface area contributed by atoms with Crippen LogP contribution >= 0.6 is 0 Å². The minimum atomic E-state index is -5.68. The molecule has 0 aromatic carbocycles. The predicted molar refractivity (Wildman–Crippen MR) is 141 cm³/mol. The SMILES string of the molecule is CCC(C)(CC(CC(C)(C)C(=O)O)C(=O)OC1CC2CCC1C2)C(=O)OC(C)(C)C.CCC(O)(C(F)(F)F)C(F)(F)F. The van der Waals surface area contributed by atoms with E-state index in [4.69, 9.17) is 14.6 Å². The third kappa shape index (κ3) is 9.47. The van der Waals surface area contributed by atoms with E-state index in [0.717, 1.165) is 19.3 Å². The molecule has 0 aromatic rings. The molecule has 2 rings (SSSR count). The summed E-state index contributed by atoms with van der Waals surface area (Å²) >= 11 is 0. The third-order valence-corrected chi connectivity index (χ3v) is 8.43. The van der Waals surface area contributed by atoms with Gasteiger partial charge < -0.3 is 19.7 Å². The molecular formula is C29H46F6O7. The van der Waals surface area contributed by atoms with Crippen LogP contribution in [0.5, 0.6) is 0 Å². The molecule has 13 heteroatoms. The fourth-order valence-corrected chi connectivity index (χ4v) is 5.40. The number of esters is 2. The van der Waals surface area contributed by atoms with E-state index in [1.165, 1.54) is 6.42 Å². The highest BCUT2D eigenvalue weighted by atomic mass is 19.4. The molecule has 2 bridgehead atoms. The van der Waals surface area contributed by atoms with Gasteiger partial charge in [-0.25, -0.2) is 0 Å². The van der Waals surface area contributed by atoms with Gasteiger partial charge in [-0.3, -0.25) is 14.4 Å². The van der Waals surface area contributed by atoms with Crippen molar-refractivity contribution in [1.82, 2.24) is 0 Å². The fourth-order valence-electron chi connectivity index (χ4n) is 5.40. The van der Waals surface area contributed by atoms with Crippen molar-refractivity contribution in [2.45, 2.75) is 136 Å². The van der Waals surface area contributed by atoms with Crippen molar-refractivity contribution in [3.8, 4) is 0 Å². The molecule has 0 aromatic heterocycles. The predicted octanol–water partition coefficient (Wildman–Crippen LogP) is 7.24. The van der Waals surface area contributed by atoms with Crippen molar-refractivity contribution in [2.75, 3.05) is 0 Å². The van der Waals surface area contributed by atoms with E-state index in [1.807, 2.05) is 27.7 Å². The normalized spacial score (nSPS) is 23.4. The first-order valence-corrected chi connectivity index (χ1v) is 14.3. The molecule has 0 radical (unpaired) electrons. The Balaban J connectivity index is 0.000000619. The molecule has 0 saturated heterocycles. The van der Waals surface area contributed by atoms with E-state index in [1.54, 1.807) is 20.8 Å². The number of carboxylic acids is 1. The smallest absolute Gasteiger partial charge is 0.426 e. The lowest BCUT2D eigenvalue weighted by Gasteiger charge is -2.35. The lowest BCUT2D eigenvalue weighted by Crippen LogP contribution is -2.56. The summed E-state index contributed by atoms with van der Waals surface area (Å²) in [7, 11) is 0. The molecule has 0 heterocycles. The summed E-state index contributed by atoms with van der Waals surface area (Å²) < 4.78 is 81.3. The monoisotopic (exact) mass is 620 g/mol. The molecule has 246 valence electrons.